The summed E-state index contributed by atoms with van der Waals surface area (Å²) in [5.74, 6) is -0.599. The second-order valence-corrected chi connectivity index (χ2v) is 8.59. The van der Waals surface area contributed by atoms with Crippen LogP contribution in [-0.4, -0.2) is 39.6 Å². The summed E-state index contributed by atoms with van der Waals surface area (Å²) in [4.78, 5) is 27.2. The number of likely N-dealkylation sites (tertiary alicyclic amines) is 1. The minimum Gasteiger partial charge on any atom is -0.472 e. The lowest BCUT2D eigenvalue weighted by Gasteiger charge is -2.31. The largest absolute Gasteiger partial charge is 0.472 e. The lowest BCUT2D eigenvalue weighted by Crippen LogP contribution is -2.42. The monoisotopic (exact) mass is 472 g/mol. The third-order valence-corrected chi connectivity index (χ3v) is 6.30. The number of hydrogen-bond acceptors (Lipinski definition) is 4. The molecular formula is C27H25FN4O3. The first-order valence-electron chi connectivity index (χ1n) is 11.6. The van der Waals surface area contributed by atoms with E-state index < -0.39 is 0 Å². The van der Waals surface area contributed by atoms with Gasteiger partial charge in [-0.3, -0.25) is 9.59 Å². The molecule has 0 radical (unpaired) electrons. The lowest BCUT2D eigenvalue weighted by atomic mass is 9.95. The first kappa shape index (κ1) is 22.6. The van der Waals surface area contributed by atoms with Crippen LogP contribution in [0, 0.1) is 11.7 Å². The Kier molecular flexibility index (Phi) is 6.43. The number of para-hydroxylation sites is 1. The summed E-state index contributed by atoms with van der Waals surface area (Å²) >= 11 is 0. The molecule has 1 N–H and O–H groups in total. The van der Waals surface area contributed by atoms with Crippen LogP contribution in [0.1, 0.15) is 28.8 Å². The molecule has 0 spiro atoms. The maximum atomic E-state index is 13.5. The zero-order valence-corrected chi connectivity index (χ0v) is 19.1. The highest BCUT2D eigenvalue weighted by molar-refractivity contribution is 5.94. The summed E-state index contributed by atoms with van der Waals surface area (Å²) in [6.07, 6.45) is 6.01. The average Bonchev–Trinajstić information content (AvgIpc) is 3.59. The molecule has 3 heterocycles. The Morgan fingerprint density at radius 3 is 2.46 bits per heavy atom. The molecule has 178 valence electrons. The Morgan fingerprint density at radius 1 is 1.03 bits per heavy atom. The van der Waals surface area contributed by atoms with E-state index in [0.717, 1.165) is 16.8 Å². The van der Waals surface area contributed by atoms with Gasteiger partial charge in [0.05, 0.1) is 23.2 Å². The van der Waals surface area contributed by atoms with Gasteiger partial charge in [0.1, 0.15) is 12.1 Å². The second-order valence-electron chi connectivity index (χ2n) is 8.59. The molecule has 0 unspecified atom stereocenters. The Morgan fingerprint density at radius 2 is 1.77 bits per heavy atom. The normalized spacial score (nSPS) is 14.1. The minimum atomic E-state index is -0.316. The van der Waals surface area contributed by atoms with Crippen molar-refractivity contribution in [3.05, 3.63) is 96.3 Å². The van der Waals surface area contributed by atoms with E-state index in [1.165, 1.54) is 24.7 Å². The number of benzene rings is 2. The average molecular weight is 473 g/mol. The quantitative estimate of drug-likeness (QED) is 0.450. The molecule has 35 heavy (non-hydrogen) atoms. The van der Waals surface area contributed by atoms with Crippen LogP contribution in [0.5, 0.6) is 0 Å². The van der Waals surface area contributed by atoms with Crippen LogP contribution in [0.15, 0.2) is 83.8 Å². The number of amides is 2. The number of nitrogens with one attached hydrogen (secondary N) is 1. The van der Waals surface area contributed by atoms with E-state index in [4.69, 9.17) is 9.52 Å². The van der Waals surface area contributed by atoms with Gasteiger partial charge in [-0.05, 0) is 55.3 Å². The van der Waals surface area contributed by atoms with Crippen molar-refractivity contribution in [1.82, 2.24) is 20.0 Å². The second kappa shape index (κ2) is 9.97. The predicted molar refractivity (Wildman–Crippen MR) is 128 cm³/mol. The maximum absolute atomic E-state index is 13.5. The van der Waals surface area contributed by atoms with E-state index in [-0.39, 0.29) is 23.5 Å². The number of halogens is 1. The fourth-order valence-corrected chi connectivity index (χ4v) is 4.34. The van der Waals surface area contributed by atoms with Crippen molar-refractivity contribution in [2.24, 2.45) is 5.92 Å². The van der Waals surface area contributed by atoms with Gasteiger partial charge in [0.25, 0.3) is 5.91 Å². The molecule has 0 aliphatic carbocycles. The molecule has 8 heteroatoms. The molecule has 2 aromatic carbocycles. The summed E-state index contributed by atoms with van der Waals surface area (Å²) in [5.41, 5.74) is 3.72. The number of piperidine rings is 1. The van der Waals surface area contributed by atoms with Crippen LogP contribution in [0.4, 0.5) is 4.39 Å². The van der Waals surface area contributed by atoms with Crippen molar-refractivity contribution in [2.45, 2.75) is 19.4 Å². The number of rotatable bonds is 6. The fraction of sp³-hybridized carbons (Fsp3) is 0.222. The van der Waals surface area contributed by atoms with Gasteiger partial charge in [-0.25, -0.2) is 9.07 Å². The smallest absolute Gasteiger partial charge is 0.257 e. The molecule has 1 fully saturated rings. The molecule has 7 nitrogen and oxygen atoms in total. The molecule has 0 bridgehead atoms. The van der Waals surface area contributed by atoms with Crippen LogP contribution in [0.25, 0.3) is 16.9 Å². The number of carbonyl (C=O) groups is 2. The van der Waals surface area contributed by atoms with Crippen LogP contribution in [0.2, 0.25) is 0 Å². The summed E-state index contributed by atoms with van der Waals surface area (Å²) < 4.78 is 20.2. The van der Waals surface area contributed by atoms with Gasteiger partial charge in [-0.1, -0.05) is 18.2 Å². The zero-order valence-electron chi connectivity index (χ0n) is 19.1. The van der Waals surface area contributed by atoms with Gasteiger partial charge < -0.3 is 14.6 Å². The molecule has 0 saturated carbocycles. The first-order valence-corrected chi connectivity index (χ1v) is 11.6. The topological polar surface area (TPSA) is 80.4 Å². The number of furan rings is 1. The van der Waals surface area contributed by atoms with Crippen molar-refractivity contribution in [3.63, 3.8) is 0 Å². The highest BCUT2D eigenvalue weighted by Gasteiger charge is 2.28. The van der Waals surface area contributed by atoms with Gasteiger partial charge in [0, 0.05) is 42.9 Å². The molecule has 1 aliphatic heterocycles. The highest BCUT2D eigenvalue weighted by atomic mass is 19.1. The van der Waals surface area contributed by atoms with Crippen LogP contribution < -0.4 is 5.32 Å². The van der Waals surface area contributed by atoms with Crippen LogP contribution in [-0.2, 0) is 11.3 Å². The zero-order chi connectivity index (χ0) is 24.2. The third-order valence-electron chi connectivity index (χ3n) is 6.30. The van der Waals surface area contributed by atoms with E-state index in [2.05, 4.69) is 5.32 Å². The number of aromatic nitrogens is 2. The molecule has 2 aromatic heterocycles. The van der Waals surface area contributed by atoms with Crippen molar-refractivity contribution in [1.29, 1.82) is 0 Å². The van der Waals surface area contributed by atoms with E-state index in [1.54, 1.807) is 27.8 Å². The summed E-state index contributed by atoms with van der Waals surface area (Å²) in [5, 5.41) is 7.76. The number of carbonyl (C=O) groups excluding carboxylic acids is 2. The van der Waals surface area contributed by atoms with E-state index in [0.29, 0.717) is 43.7 Å². The van der Waals surface area contributed by atoms with Crippen molar-refractivity contribution in [2.75, 3.05) is 13.1 Å². The molecule has 1 saturated heterocycles. The summed E-state index contributed by atoms with van der Waals surface area (Å²) in [6, 6.07) is 17.5. The van der Waals surface area contributed by atoms with Gasteiger partial charge in [0.2, 0.25) is 5.91 Å². The third kappa shape index (κ3) is 5.01. The van der Waals surface area contributed by atoms with E-state index in [1.807, 2.05) is 36.5 Å². The minimum absolute atomic E-state index is 0.0436. The fourth-order valence-electron chi connectivity index (χ4n) is 4.34. The molecule has 4 aromatic rings. The van der Waals surface area contributed by atoms with Crippen molar-refractivity contribution >= 4 is 11.8 Å². The van der Waals surface area contributed by atoms with E-state index in [9.17, 15) is 14.0 Å². The SMILES string of the molecule is O=C(NCc1cn(-c2ccccc2)nc1-c1ccc(F)cc1)C1CCN(C(=O)c2ccoc2)CC1. The lowest BCUT2D eigenvalue weighted by molar-refractivity contribution is -0.126. The predicted octanol–water partition coefficient (Wildman–Crippen LogP) is 4.44. The van der Waals surface area contributed by atoms with Crippen molar-refractivity contribution in [3.8, 4) is 16.9 Å². The molecule has 1 aliphatic rings. The summed E-state index contributed by atoms with van der Waals surface area (Å²) in [6.45, 7) is 1.34. The maximum Gasteiger partial charge on any atom is 0.257 e. The van der Waals surface area contributed by atoms with Gasteiger partial charge in [0.15, 0.2) is 0 Å². The summed E-state index contributed by atoms with van der Waals surface area (Å²) in [7, 11) is 0. The van der Waals surface area contributed by atoms with Gasteiger partial charge >= 0.3 is 0 Å². The highest BCUT2D eigenvalue weighted by Crippen LogP contribution is 2.25. The Hall–Kier alpha value is -4.20. The van der Waals surface area contributed by atoms with Gasteiger partial charge in [-0.15, -0.1) is 0 Å². The molecule has 2 amide bonds. The Bertz CT molecular complexity index is 1290. The Labute approximate surface area is 202 Å². The standard InChI is InChI=1S/C27H25FN4O3/c28-23-8-6-19(7-9-23)25-22(17-32(30-25)24-4-2-1-3-5-24)16-29-26(33)20-10-13-31(14-11-20)27(34)21-12-15-35-18-21/h1-9,12,15,17-18,20H,10-11,13-14,16H2,(H,29,33). The Balaban J connectivity index is 1.26. The number of hydrogen-bond donors (Lipinski definition) is 1. The van der Waals surface area contributed by atoms with Crippen LogP contribution in [0.3, 0.4) is 0 Å². The van der Waals surface area contributed by atoms with Gasteiger partial charge in [-0.2, -0.15) is 5.10 Å². The van der Waals surface area contributed by atoms with E-state index >= 15 is 0 Å². The molecule has 5 rings (SSSR count). The van der Waals surface area contributed by atoms with Crippen molar-refractivity contribution < 1.29 is 18.4 Å². The number of nitrogens with zero attached hydrogens (tertiary/aromatic N) is 3. The first-order chi connectivity index (χ1) is 17.1. The molecular weight excluding hydrogens is 447 g/mol. The molecule has 0 atom stereocenters. The van der Waals surface area contributed by atoms with Crippen LogP contribution >= 0.6 is 0 Å².